The van der Waals surface area contributed by atoms with Crippen molar-refractivity contribution in [3.8, 4) is 5.75 Å². The summed E-state index contributed by atoms with van der Waals surface area (Å²) in [5, 5.41) is 14.4. The van der Waals surface area contributed by atoms with Crippen LogP contribution in [-0.4, -0.2) is 30.5 Å². The molecular formula is C22H27N3O4. The fourth-order valence-corrected chi connectivity index (χ4v) is 3.70. The van der Waals surface area contributed by atoms with Crippen molar-refractivity contribution in [2.24, 2.45) is 5.92 Å². The molecule has 7 heteroatoms. The van der Waals surface area contributed by atoms with Crippen LogP contribution in [-0.2, 0) is 4.79 Å². The Hall–Kier alpha value is -3.09. The Kier molecular flexibility index (Phi) is 6.69. The second-order valence-corrected chi connectivity index (χ2v) is 7.24. The van der Waals surface area contributed by atoms with E-state index in [0.29, 0.717) is 38.2 Å². The van der Waals surface area contributed by atoms with Crippen LogP contribution in [0.25, 0.3) is 0 Å². The smallest absolute Gasteiger partial charge is 0.292 e. The van der Waals surface area contributed by atoms with Crippen molar-refractivity contribution in [2.45, 2.75) is 32.7 Å². The number of piperidine rings is 1. The van der Waals surface area contributed by atoms with Gasteiger partial charge in [-0.2, -0.15) is 0 Å². The van der Waals surface area contributed by atoms with Gasteiger partial charge in [0.1, 0.15) is 11.4 Å². The maximum absolute atomic E-state index is 12.7. The number of nitrogens with one attached hydrogen (secondary N) is 1. The third-order valence-electron chi connectivity index (χ3n) is 5.33. The Morgan fingerprint density at radius 3 is 2.48 bits per heavy atom. The number of anilines is 1. The molecule has 1 saturated heterocycles. The van der Waals surface area contributed by atoms with Gasteiger partial charge in [0.05, 0.1) is 17.6 Å². The molecule has 0 aromatic heterocycles. The van der Waals surface area contributed by atoms with Crippen LogP contribution in [0.15, 0.2) is 48.5 Å². The zero-order valence-electron chi connectivity index (χ0n) is 16.8. The molecule has 2 aromatic carbocycles. The number of hydrogen-bond donors (Lipinski definition) is 1. The highest BCUT2D eigenvalue weighted by Crippen LogP contribution is 2.31. The van der Waals surface area contributed by atoms with Gasteiger partial charge in [-0.05, 0) is 50.5 Å². The molecule has 154 valence electrons. The summed E-state index contributed by atoms with van der Waals surface area (Å²) < 4.78 is 5.45. The summed E-state index contributed by atoms with van der Waals surface area (Å²) in [6.07, 6.45) is 1.35. The van der Waals surface area contributed by atoms with Crippen molar-refractivity contribution in [1.82, 2.24) is 5.32 Å². The van der Waals surface area contributed by atoms with E-state index in [0.717, 1.165) is 11.3 Å². The molecule has 2 aromatic rings. The lowest BCUT2D eigenvalue weighted by Gasteiger charge is -2.33. The quantitative estimate of drug-likeness (QED) is 0.562. The number of amides is 1. The molecule has 1 N–H and O–H groups in total. The lowest BCUT2D eigenvalue weighted by atomic mass is 9.94. The predicted molar refractivity (Wildman–Crippen MR) is 112 cm³/mol. The summed E-state index contributed by atoms with van der Waals surface area (Å²) in [7, 11) is 0. The number of carbonyl (C=O) groups excluding carboxylic acids is 1. The molecule has 0 spiro atoms. The van der Waals surface area contributed by atoms with Crippen LogP contribution in [0.4, 0.5) is 11.4 Å². The summed E-state index contributed by atoms with van der Waals surface area (Å²) in [6.45, 7) is 5.78. The van der Waals surface area contributed by atoms with E-state index in [1.54, 1.807) is 18.2 Å². The van der Waals surface area contributed by atoms with Crippen molar-refractivity contribution in [3.05, 3.63) is 64.2 Å². The normalized spacial score (nSPS) is 15.6. The van der Waals surface area contributed by atoms with Gasteiger partial charge in [0.15, 0.2) is 0 Å². The van der Waals surface area contributed by atoms with Crippen LogP contribution in [0.3, 0.4) is 0 Å². The second kappa shape index (κ2) is 9.41. The zero-order valence-corrected chi connectivity index (χ0v) is 16.8. The van der Waals surface area contributed by atoms with Gasteiger partial charge in [0.25, 0.3) is 5.69 Å². The molecule has 0 radical (unpaired) electrons. The lowest BCUT2D eigenvalue weighted by Crippen LogP contribution is -2.41. The lowest BCUT2D eigenvalue weighted by molar-refractivity contribution is -0.384. The van der Waals surface area contributed by atoms with Crippen LogP contribution in [0, 0.1) is 16.0 Å². The number of nitrogens with zero attached hydrogens (tertiary/aromatic N) is 2. The maximum Gasteiger partial charge on any atom is 0.292 e. The van der Waals surface area contributed by atoms with Gasteiger partial charge in [-0.25, -0.2) is 0 Å². The van der Waals surface area contributed by atoms with Gasteiger partial charge in [-0.15, -0.1) is 0 Å². The monoisotopic (exact) mass is 397 g/mol. The Labute approximate surface area is 170 Å². The first-order valence-electron chi connectivity index (χ1n) is 10.0. The van der Waals surface area contributed by atoms with Crippen LogP contribution in [0.2, 0.25) is 0 Å². The number of rotatable bonds is 7. The third-order valence-corrected chi connectivity index (χ3v) is 5.33. The van der Waals surface area contributed by atoms with Crippen molar-refractivity contribution in [3.63, 3.8) is 0 Å². The van der Waals surface area contributed by atoms with E-state index in [1.807, 2.05) is 43.0 Å². The van der Waals surface area contributed by atoms with Crippen molar-refractivity contribution >= 4 is 17.3 Å². The van der Waals surface area contributed by atoms with E-state index in [1.165, 1.54) is 6.07 Å². The number of ether oxygens (including phenoxy) is 1. The van der Waals surface area contributed by atoms with Crippen LogP contribution in [0.1, 0.15) is 38.3 Å². The maximum atomic E-state index is 12.7. The summed E-state index contributed by atoms with van der Waals surface area (Å²) in [6, 6.07) is 14.4. The first-order valence-corrected chi connectivity index (χ1v) is 10.0. The Morgan fingerprint density at radius 2 is 1.86 bits per heavy atom. The van der Waals surface area contributed by atoms with Crippen molar-refractivity contribution < 1.29 is 14.5 Å². The van der Waals surface area contributed by atoms with E-state index in [9.17, 15) is 14.9 Å². The second-order valence-electron chi connectivity index (χ2n) is 7.24. The van der Waals surface area contributed by atoms with Crippen LogP contribution in [0.5, 0.6) is 5.75 Å². The van der Waals surface area contributed by atoms with E-state index in [-0.39, 0.29) is 28.5 Å². The molecule has 1 fully saturated rings. The number of para-hydroxylation sites is 2. The van der Waals surface area contributed by atoms with E-state index in [2.05, 4.69) is 5.32 Å². The topological polar surface area (TPSA) is 84.7 Å². The molecule has 0 bridgehead atoms. The average molecular weight is 397 g/mol. The molecular weight excluding hydrogens is 370 g/mol. The van der Waals surface area contributed by atoms with Gasteiger partial charge in [0, 0.05) is 25.1 Å². The number of nitro groups is 1. The molecule has 1 atom stereocenters. The zero-order chi connectivity index (χ0) is 20.8. The summed E-state index contributed by atoms with van der Waals surface area (Å²) >= 11 is 0. The molecule has 1 aliphatic rings. The van der Waals surface area contributed by atoms with Crippen LogP contribution >= 0.6 is 0 Å². The standard InChI is InChI=1S/C22H27N3O4/c1-3-29-19-10-8-17(9-11-19)16(2)23-22(26)18-12-14-24(15-13-18)20-6-4-5-7-21(20)25(27)28/h4-11,16,18H,3,12-15H2,1-2H3,(H,23,26). The molecule has 0 aliphatic carbocycles. The minimum Gasteiger partial charge on any atom is -0.494 e. The SMILES string of the molecule is CCOc1ccc(C(C)NC(=O)C2CCN(c3ccccc3[N+](=O)[O-])CC2)cc1. The predicted octanol–water partition coefficient (Wildman–Crippen LogP) is 4.09. The average Bonchev–Trinajstić information content (AvgIpc) is 2.74. The Bertz CT molecular complexity index is 845. The number of carbonyl (C=O) groups is 1. The van der Waals surface area contributed by atoms with E-state index < -0.39 is 0 Å². The summed E-state index contributed by atoms with van der Waals surface area (Å²) in [5.41, 5.74) is 1.76. The first kappa shape index (κ1) is 20.6. The molecule has 0 saturated carbocycles. The van der Waals surface area contributed by atoms with Gasteiger partial charge >= 0.3 is 0 Å². The van der Waals surface area contributed by atoms with Gasteiger partial charge in [-0.1, -0.05) is 24.3 Å². The molecule has 7 nitrogen and oxygen atoms in total. The highest BCUT2D eigenvalue weighted by atomic mass is 16.6. The molecule has 1 unspecified atom stereocenters. The van der Waals surface area contributed by atoms with E-state index in [4.69, 9.17) is 4.74 Å². The molecule has 3 rings (SSSR count). The first-order chi connectivity index (χ1) is 14.0. The highest BCUT2D eigenvalue weighted by Gasteiger charge is 2.28. The number of nitro benzene ring substituents is 1. The summed E-state index contributed by atoms with van der Waals surface area (Å²) in [5.74, 6) is 0.768. The minimum absolute atomic E-state index is 0.0357. The van der Waals surface area contributed by atoms with Gasteiger partial charge in [0.2, 0.25) is 5.91 Å². The van der Waals surface area contributed by atoms with E-state index >= 15 is 0 Å². The number of benzene rings is 2. The molecule has 29 heavy (non-hydrogen) atoms. The Morgan fingerprint density at radius 1 is 1.21 bits per heavy atom. The van der Waals surface area contributed by atoms with Crippen molar-refractivity contribution in [2.75, 3.05) is 24.6 Å². The van der Waals surface area contributed by atoms with Crippen molar-refractivity contribution in [1.29, 1.82) is 0 Å². The van der Waals surface area contributed by atoms with Gasteiger partial charge in [-0.3, -0.25) is 14.9 Å². The fourth-order valence-electron chi connectivity index (χ4n) is 3.70. The molecule has 1 heterocycles. The molecule has 1 amide bonds. The third kappa shape index (κ3) is 5.04. The molecule has 1 aliphatic heterocycles. The number of hydrogen-bond acceptors (Lipinski definition) is 5. The fraction of sp³-hybridized carbons (Fsp3) is 0.409. The minimum atomic E-state index is -0.355. The largest absolute Gasteiger partial charge is 0.494 e. The summed E-state index contributed by atoms with van der Waals surface area (Å²) in [4.78, 5) is 25.6. The highest BCUT2D eigenvalue weighted by molar-refractivity contribution is 5.79. The Balaban J connectivity index is 1.55. The van der Waals surface area contributed by atoms with Crippen LogP contribution < -0.4 is 15.0 Å². The van der Waals surface area contributed by atoms with Gasteiger partial charge < -0.3 is 15.0 Å².